The summed E-state index contributed by atoms with van der Waals surface area (Å²) in [5, 5.41) is 0. The Labute approximate surface area is 132 Å². The molecule has 122 valence electrons. The van der Waals surface area contributed by atoms with E-state index in [1.165, 1.54) is 12.1 Å². The first-order chi connectivity index (χ1) is 10.6. The van der Waals surface area contributed by atoms with Gasteiger partial charge in [0.25, 0.3) is 0 Å². The molecule has 2 N–H and O–H groups in total. The standard InChI is InChI=1S/C17H26FN3O/c1-3-17(4-2,13-19)16(22)21-11-9-20(10-12-21)15-7-5-14(18)6-8-15/h5-8H,3-4,9-13,19H2,1-2H3. The molecular weight excluding hydrogens is 281 g/mol. The van der Waals surface area contributed by atoms with Crippen LogP contribution in [0.3, 0.4) is 0 Å². The number of hydrogen-bond acceptors (Lipinski definition) is 3. The average Bonchev–Trinajstić information content (AvgIpc) is 2.58. The average molecular weight is 307 g/mol. The van der Waals surface area contributed by atoms with Crippen LogP contribution in [0, 0.1) is 11.2 Å². The van der Waals surface area contributed by atoms with Gasteiger partial charge in [-0.25, -0.2) is 4.39 Å². The summed E-state index contributed by atoms with van der Waals surface area (Å²) in [6, 6.07) is 6.52. The van der Waals surface area contributed by atoms with E-state index >= 15 is 0 Å². The van der Waals surface area contributed by atoms with E-state index < -0.39 is 5.41 Å². The second-order valence-electron chi connectivity index (χ2n) is 5.95. The van der Waals surface area contributed by atoms with E-state index in [4.69, 9.17) is 5.73 Å². The summed E-state index contributed by atoms with van der Waals surface area (Å²) < 4.78 is 13.0. The summed E-state index contributed by atoms with van der Waals surface area (Å²) in [5.74, 6) is -0.0464. The quantitative estimate of drug-likeness (QED) is 0.907. The van der Waals surface area contributed by atoms with E-state index in [9.17, 15) is 9.18 Å². The number of anilines is 1. The first kappa shape index (κ1) is 16.7. The lowest BCUT2D eigenvalue weighted by atomic mass is 9.81. The van der Waals surface area contributed by atoms with Crippen LogP contribution in [0.25, 0.3) is 0 Å². The molecule has 0 atom stereocenters. The van der Waals surface area contributed by atoms with E-state index in [-0.39, 0.29) is 11.7 Å². The molecule has 1 aliphatic heterocycles. The van der Waals surface area contributed by atoms with Crippen molar-refractivity contribution < 1.29 is 9.18 Å². The summed E-state index contributed by atoms with van der Waals surface area (Å²) in [6.07, 6.45) is 1.55. The number of amides is 1. The van der Waals surface area contributed by atoms with Crippen molar-refractivity contribution in [3.8, 4) is 0 Å². The Morgan fingerprint density at radius 1 is 1.14 bits per heavy atom. The van der Waals surface area contributed by atoms with Crippen LogP contribution >= 0.6 is 0 Å². The number of benzene rings is 1. The Hall–Kier alpha value is -1.62. The Morgan fingerprint density at radius 3 is 2.14 bits per heavy atom. The molecular formula is C17H26FN3O. The van der Waals surface area contributed by atoms with Gasteiger partial charge in [-0.05, 0) is 37.1 Å². The number of carbonyl (C=O) groups is 1. The largest absolute Gasteiger partial charge is 0.368 e. The number of rotatable bonds is 5. The van der Waals surface area contributed by atoms with Crippen LogP contribution in [0.15, 0.2) is 24.3 Å². The Kier molecular flexibility index (Phi) is 5.40. The van der Waals surface area contributed by atoms with Crippen LogP contribution in [0.5, 0.6) is 0 Å². The molecule has 1 saturated heterocycles. The molecule has 0 bridgehead atoms. The lowest BCUT2D eigenvalue weighted by Crippen LogP contribution is -2.54. The van der Waals surface area contributed by atoms with Gasteiger partial charge in [0.1, 0.15) is 5.82 Å². The zero-order valence-corrected chi connectivity index (χ0v) is 13.5. The molecule has 22 heavy (non-hydrogen) atoms. The molecule has 1 fully saturated rings. The molecule has 0 spiro atoms. The van der Waals surface area contributed by atoms with E-state index in [1.807, 2.05) is 18.7 Å². The van der Waals surface area contributed by atoms with Gasteiger partial charge in [-0.15, -0.1) is 0 Å². The first-order valence-electron chi connectivity index (χ1n) is 8.06. The van der Waals surface area contributed by atoms with Crippen LogP contribution in [0.4, 0.5) is 10.1 Å². The van der Waals surface area contributed by atoms with Crippen molar-refractivity contribution in [2.75, 3.05) is 37.6 Å². The molecule has 4 nitrogen and oxygen atoms in total. The molecule has 1 heterocycles. The number of nitrogens with zero attached hydrogens (tertiary/aromatic N) is 2. The van der Waals surface area contributed by atoms with E-state index in [2.05, 4.69) is 4.90 Å². The zero-order chi connectivity index (χ0) is 16.2. The van der Waals surface area contributed by atoms with Crippen molar-refractivity contribution in [3.63, 3.8) is 0 Å². The molecule has 1 amide bonds. The third-order valence-electron chi connectivity index (χ3n) is 4.96. The maximum Gasteiger partial charge on any atom is 0.230 e. The van der Waals surface area contributed by atoms with Crippen molar-refractivity contribution in [2.45, 2.75) is 26.7 Å². The summed E-state index contributed by atoms with van der Waals surface area (Å²) in [5.41, 5.74) is 6.46. The zero-order valence-electron chi connectivity index (χ0n) is 13.5. The molecule has 1 aromatic rings. The fraction of sp³-hybridized carbons (Fsp3) is 0.588. The molecule has 0 saturated carbocycles. The summed E-state index contributed by atoms with van der Waals surface area (Å²) in [4.78, 5) is 16.9. The van der Waals surface area contributed by atoms with E-state index in [0.29, 0.717) is 19.6 Å². The lowest BCUT2D eigenvalue weighted by Gasteiger charge is -2.41. The number of piperazine rings is 1. The van der Waals surface area contributed by atoms with Crippen LogP contribution in [0.1, 0.15) is 26.7 Å². The SMILES string of the molecule is CCC(CC)(CN)C(=O)N1CCN(c2ccc(F)cc2)CC1. The monoisotopic (exact) mass is 307 g/mol. The van der Waals surface area contributed by atoms with Crippen molar-refractivity contribution in [3.05, 3.63) is 30.1 Å². The van der Waals surface area contributed by atoms with Gasteiger partial charge in [0.05, 0.1) is 5.41 Å². The minimum Gasteiger partial charge on any atom is -0.368 e. The topological polar surface area (TPSA) is 49.6 Å². The normalized spacial score (nSPS) is 16.0. The van der Waals surface area contributed by atoms with Gasteiger partial charge < -0.3 is 15.5 Å². The van der Waals surface area contributed by atoms with Gasteiger partial charge in [0.15, 0.2) is 0 Å². The number of halogens is 1. The first-order valence-corrected chi connectivity index (χ1v) is 8.06. The number of carbonyl (C=O) groups excluding carboxylic acids is 1. The van der Waals surface area contributed by atoms with Crippen LogP contribution in [0.2, 0.25) is 0 Å². The second kappa shape index (κ2) is 7.09. The molecule has 0 unspecified atom stereocenters. The fourth-order valence-corrected chi connectivity index (χ4v) is 3.08. The highest BCUT2D eigenvalue weighted by molar-refractivity contribution is 5.83. The van der Waals surface area contributed by atoms with Gasteiger partial charge >= 0.3 is 0 Å². The molecule has 5 heteroatoms. The van der Waals surface area contributed by atoms with Crippen LogP contribution in [-0.2, 0) is 4.79 Å². The summed E-state index contributed by atoms with van der Waals surface area (Å²) in [6.45, 7) is 7.38. The van der Waals surface area contributed by atoms with Gasteiger partial charge in [-0.3, -0.25) is 4.79 Å². The Balaban J connectivity index is 1.99. The minimum absolute atomic E-state index is 0.179. The molecule has 0 radical (unpaired) electrons. The molecule has 2 rings (SSSR count). The molecule has 0 aliphatic carbocycles. The number of nitrogens with two attached hydrogens (primary N) is 1. The lowest BCUT2D eigenvalue weighted by molar-refractivity contribution is -0.142. The Bertz CT molecular complexity index is 483. The smallest absolute Gasteiger partial charge is 0.230 e. The van der Waals surface area contributed by atoms with Crippen molar-refractivity contribution in [2.24, 2.45) is 11.1 Å². The maximum atomic E-state index is 13.0. The fourth-order valence-electron chi connectivity index (χ4n) is 3.08. The van der Waals surface area contributed by atoms with Gasteiger partial charge in [0, 0.05) is 38.4 Å². The highest BCUT2D eigenvalue weighted by Crippen LogP contribution is 2.28. The molecule has 1 aromatic carbocycles. The maximum absolute atomic E-state index is 13.0. The summed E-state index contributed by atoms with van der Waals surface area (Å²) >= 11 is 0. The second-order valence-corrected chi connectivity index (χ2v) is 5.95. The predicted molar refractivity (Wildman–Crippen MR) is 87.3 cm³/mol. The molecule has 1 aliphatic rings. The highest BCUT2D eigenvalue weighted by Gasteiger charge is 2.37. The highest BCUT2D eigenvalue weighted by atomic mass is 19.1. The minimum atomic E-state index is -0.419. The third-order valence-corrected chi connectivity index (χ3v) is 4.96. The van der Waals surface area contributed by atoms with Crippen LogP contribution < -0.4 is 10.6 Å². The van der Waals surface area contributed by atoms with Crippen LogP contribution in [-0.4, -0.2) is 43.5 Å². The summed E-state index contributed by atoms with van der Waals surface area (Å²) in [7, 11) is 0. The van der Waals surface area contributed by atoms with Gasteiger partial charge in [0.2, 0.25) is 5.91 Å². The van der Waals surface area contributed by atoms with Crippen molar-refractivity contribution in [1.29, 1.82) is 0 Å². The van der Waals surface area contributed by atoms with Gasteiger partial charge in [-0.2, -0.15) is 0 Å². The third kappa shape index (κ3) is 3.24. The van der Waals surface area contributed by atoms with Crippen molar-refractivity contribution >= 4 is 11.6 Å². The van der Waals surface area contributed by atoms with Gasteiger partial charge in [-0.1, -0.05) is 13.8 Å². The predicted octanol–water partition coefficient (Wildman–Crippen LogP) is 2.24. The van der Waals surface area contributed by atoms with E-state index in [0.717, 1.165) is 31.6 Å². The Morgan fingerprint density at radius 2 is 1.68 bits per heavy atom. The molecule has 0 aromatic heterocycles. The number of hydrogen-bond donors (Lipinski definition) is 1. The van der Waals surface area contributed by atoms with Crippen molar-refractivity contribution in [1.82, 2.24) is 4.90 Å². The van der Waals surface area contributed by atoms with E-state index in [1.54, 1.807) is 12.1 Å².